The standard InChI is InChI=1S/C11H15ClN4O/c1-7-5-8(16(2)15-7)6-9(14-13)10-3-4-11(12)17-10/h3-5,9,14H,6,13H2,1-2H3. The van der Waals surface area contributed by atoms with Gasteiger partial charge in [-0.15, -0.1) is 0 Å². The van der Waals surface area contributed by atoms with Crippen LogP contribution in [0.2, 0.25) is 5.22 Å². The molecule has 0 aliphatic heterocycles. The lowest BCUT2D eigenvalue weighted by molar-refractivity contribution is 0.411. The van der Waals surface area contributed by atoms with Gasteiger partial charge in [0.2, 0.25) is 0 Å². The number of halogens is 1. The molecule has 1 unspecified atom stereocenters. The highest BCUT2D eigenvalue weighted by Crippen LogP contribution is 2.22. The summed E-state index contributed by atoms with van der Waals surface area (Å²) in [6.45, 7) is 1.96. The van der Waals surface area contributed by atoms with Gasteiger partial charge in [0, 0.05) is 19.2 Å². The van der Waals surface area contributed by atoms with E-state index in [0.717, 1.165) is 17.1 Å². The van der Waals surface area contributed by atoms with Gasteiger partial charge in [0.15, 0.2) is 5.22 Å². The topological polar surface area (TPSA) is 69.0 Å². The van der Waals surface area contributed by atoms with Crippen molar-refractivity contribution in [2.75, 3.05) is 0 Å². The summed E-state index contributed by atoms with van der Waals surface area (Å²) < 4.78 is 7.19. The summed E-state index contributed by atoms with van der Waals surface area (Å²) in [5.41, 5.74) is 4.79. The van der Waals surface area contributed by atoms with Gasteiger partial charge < -0.3 is 4.42 Å². The zero-order valence-corrected chi connectivity index (χ0v) is 10.5. The van der Waals surface area contributed by atoms with Gasteiger partial charge in [-0.1, -0.05) is 0 Å². The van der Waals surface area contributed by atoms with E-state index in [0.29, 0.717) is 11.6 Å². The summed E-state index contributed by atoms with van der Waals surface area (Å²) in [6, 6.07) is 5.43. The summed E-state index contributed by atoms with van der Waals surface area (Å²) in [4.78, 5) is 0. The van der Waals surface area contributed by atoms with E-state index < -0.39 is 0 Å². The first-order chi connectivity index (χ1) is 8.10. The molecular weight excluding hydrogens is 240 g/mol. The van der Waals surface area contributed by atoms with Crippen LogP contribution in [-0.2, 0) is 13.5 Å². The molecule has 17 heavy (non-hydrogen) atoms. The Morgan fingerprint density at radius 2 is 2.35 bits per heavy atom. The molecule has 0 aliphatic rings. The second kappa shape index (κ2) is 4.91. The summed E-state index contributed by atoms with van der Waals surface area (Å²) in [5, 5.41) is 4.65. The van der Waals surface area contributed by atoms with Crippen molar-refractivity contribution < 1.29 is 4.42 Å². The van der Waals surface area contributed by atoms with Crippen molar-refractivity contribution in [3.63, 3.8) is 0 Å². The van der Waals surface area contributed by atoms with Crippen LogP contribution in [0, 0.1) is 6.92 Å². The third-order valence-corrected chi connectivity index (χ3v) is 2.85. The Kier molecular flexibility index (Phi) is 3.51. The monoisotopic (exact) mass is 254 g/mol. The first kappa shape index (κ1) is 12.2. The highest BCUT2D eigenvalue weighted by Gasteiger charge is 2.16. The molecule has 2 aromatic heterocycles. The first-order valence-electron chi connectivity index (χ1n) is 5.31. The molecule has 0 bridgehead atoms. The fourth-order valence-corrected chi connectivity index (χ4v) is 1.97. The normalized spacial score (nSPS) is 12.9. The Hall–Kier alpha value is -1.30. The SMILES string of the molecule is Cc1cc(CC(NN)c2ccc(Cl)o2)n(C)n1. The van der Waals surface area contributed by atoms with Crippen molar-refractivity contribution in [3.8, 4) is 0 Å². The predicted molar refractivity (Wildman–Crippen MR) is 65.4 cm³/mol. The zero-order chi connectivity index (χ0) is 12.4. The molecule has 6 heteroatoms. The largest absolute Gasteiger partial charge is 0.448 e. The van der Waals surface area contributed by atoms with Crippen LogP contribution in [0.5, 0.6) is 0 Å². The third-order valence-electron chi connectivity index (χ3n) is 2.65. The van der Waals surface area contributed by atoms with Crippen LogP contribution in [0.15, 0.2) is 22.6 Å². The molecule has 92 valence electrons. The van der Waals surface area contributed by atoms with Gasteiger partial charge in [0.25, 0.3) is 0 Å². The van der Waals surface area contributed by atoms with Crippen molar-refractivity contribution in [1.29, 1.82) is 0 Å². The number of hydrazine groups is 1. The van der Waals surface area contributed by atoms with E-state index in [-0.39, 0.29) is 6.04 Å². The van der Waals surface area contributed by atoms with Crippen molar-refractivity contribution in [1.82, 2.24) is 15.2 Å². The average molecular weight is 255 g/mol. The number of nitrogens with two attached hydrogens (primary N) is 1. The van der Waals surface area contributed by atoms with Crippen LogP contribution in [0.1, 0.15) is 23.2 Å². The lowest BCUT2D eigenvalue weighted by Gasteiger charge is -2.13. The van der Waals surface area contributed by atoms with Gasteiger partial charge in [0.1, 0.15) is 5.76 Å². The maximum Gasteiger partial charge on any atom is 0.193 e. The minimum atomic E-state index is -0.114. The fourth-order valence-electron chi connectivity index (χ4n) is 1.82. The molecule has 0 fully saturated rings. The summed E-state index contributed by atoms with van der Waals surface area (Å²) in [7, 11) is 1.91. The molecule has 5 nitrogen and oxygen atoms in total. The van der Waals surface area contributed by atoms with E-state index in [9.17, 15) is 0 Å². The van der Waals surface area contributed by atoms with Gasteiger partial charge in [-0.05, 0) is 36.7 Å². The number of rotatable bonds is 4. The Morgan fingerprint density at radius 1 is 1.59 bits per heavy atom. The van der Waals surface area contributed by atoms with E-state index in [2.05, 4.69) is 10.5 Å². The van der Waals surface area contributed by atoms with Gasteiger partial charge >= 0.3 is 0 Å². The van der Waals surface area contributed by atoms with Gasteiger partial charge in [-0.25, -0.2) is 5.43 Å². The van der Waals surface area contributed by atoms with Crippen molar-refractivity contribution >= 4 is 11.6 Å². The van der Waals surface area contributed by atoms with Crippen molar-refractivity contribution in [2.24, 2.45) is 12.9 Å². The molecule has 0 aromatic carbocycles. The van der Waals surface area contributed by atoms with E-state index >= 15 is 0 Å². The Labute approximate surface area is 105 Å². The summed E-state index contributed by atoms with van der Waals surface area (Å²) in [6.07, 6.45) is 0.692. The number of nitrogens with one attached hydrogen (secondary N) is 1. The highest BCUT2D eigenvalue weighted by molar-refractivity contribution is 6.28. The van der Waals surface area contributed by atoms with E-state index in [1.807, 2.05) is 30.8 Å². The van der Waals surface area contributed by atoms with Gasteiger partial charge in [-0.2, -0.15) is 5.10 Å². The molecule has 0 aliphatic carbocycles. The minimum absolute atomic E-state index is 0.114. The molecule has 0 amide bonds. The van der Waals surface area contributed by atoms with Crippen molar-refractivity contribution in [3.05, 3.63) is 40.6 Å². The molecule has 0 spiro atoms. The molecule has 3 N–H and O–H groups in total. The number of hydrogen-bond donors (Lipinski definition) is 2. The number of aryl methyl sites for hydroxylation is 2. The average Bonchev–Trinajstić information content (AvgIpc) is 2.82. The van der Waals surface area contributed by atoms with Crippen molar-refractivity contribution in [2.45, 2.75) is 19.4 Å². The molecule has 2 heterocycles. The Morgan fingerprint density at radius 3 is 2.82 bits per heavy atom. The van der Waals surface area contributed by atoms with Crippen LogP contribution in [0.4, 0.5) is 0 Å². The minimum Gasteiger partial charge on any atom is -0.448 e. The number of nitrogens with zero attached hydrogens (tertiary/aromatic N) is 2. The van der Waals surface area contributed by atoms with Crippen LogP contribution in [0.25, 0.3) is 0 Å². The maximum absolute atomic E-state index is 5.75. The van der Waals surface area contributed by atoms with Crippen LogP contribution < -0.4 is 11.3 Å². The Bertz CT molecular complexity index is 505. The zero-order valence-electron chi connectivity index (χ0n) is 9.77. The lowest BCUT2D eigenvalue weighted by Crippen LogP contribution is -2.29. The first-order valence-corrected chi connectivity index (χ1v) is 5.69. The molecule has 1 atom stereocenters. The van der Waals surface area contributed by atoms with Gasteiger partial charge in [0.05, 0.1) is 11.7 Å². The van der Waals surface area contributed by atoms with Crippen LogP contribution in [0.3, 0.4) is 0 Å². The summed E-state index contributed by atoms with van der Waals surface area (Å²) in [5.74, 6) is 6.25. The fraction of sp³-hybridized carbons (Fsp3) is 0.364. The molecule has 2 rings (SSSR count). The number of aromatic nitrogens is 2. The van der Waals surface area contributed by atoms with Crippen LogP contribution in [-0.4, -0.2) is 9.78 Å². The third kappa shape index (κ3) is 2.69. The molecule has 0 saturated carbocycles. The van der Waals surface area contributed by atoms with Crippen LogP contribution >= 0.6 is 11.6 Å². The number of hydrogen-bond acceptors (Lipinski definition) is 4. The second-order valence-corrected chi connectivity index (χ2v) is 4.34. The second-order valence-electron chi connectivity index (χ2n) is 3.97. The van der Waals surface area contributed by atoms with E-state index in [1.165, 1.54) is 0 Å². The van der Waals surface area contributed by atoms with Gasteiger partial charge in [-0.3, -0.25) is 10.5 Å². The van der Waals surface area contributed by atoms with E-state index in [1.54, 1.807) is 6.07 Å². The molecular formula is C11H15ClN4O. The lowest BCUT2D eigenvalue weighted by atomic mass is 10.1. The van der Waals surface area contributed by atoms with E-state index in [4.69, 9.17) is 21.9 Å². The highest BCUT2D eigenvalue weighted by atomic mass is 35.5. The predicted octanol–water partition coefficient (Wildman–Crippen LogP) is 1.72. The molecule has 0 radical (unpaired) electrons. The molecule has 2 aromatic rings. The smallest absolute Gasteiger partial charge is 0.193 e. The quantitative estimate of drug-likeness (QED) is 0.644. The summed E-state index contributed by atoms with van der Waals surface area (Å²) >= 11 is 5.75. The maximum atomic E-state index is 5.75. The number of furan rings is 1. The molecule has 0 saturated heterocycles. The Balaban J connectivity index is 2.18.